The van der Waals surface area contributed by atoms with Gasteiger partial charge in [0, 0.05) is 24.0 Å². The molecule has 0 amide bonds. The zero-order valence-corrected chi connectivity index (χ0v) is 9.47. The Labute approximate surface area is 89.7 Å². The molecule has 2 unspecified atom stereocenters. The van der Waals surface area contributed by atoms with E-state index in [1.807, 2.05) is 6.07 Å². The third kappa shape index (κ3) is 1.96. The van der Waals surface area contributed by atoms with E-state index in [1.54, 1.807) is 11.3 Å². The van der Waals surface area contributed by atoms with Gasteiger partial charge in [0.15, 0.2) is 0 Å². The first-order valence-electron chi connectivity index (χ1n) is 4.29. The van der Waals surface area contributed by atoms with Gasteiger partial charge in [0.25, 0.3) is 0 Å². The van der Waals surface area contributed by atoms with Crippen LogP contribution in [-0.2, 0) is 4.74 Å². The Morgan fingerprint density at radius 3 is 3.08 bits per heavy atom. The maximum Gasteiger partial charge on any atom is 0.0967 e. The lowest BCUT2D eigenvalue weighted by Gasteiger charge is -2.13. The molecule has 2 nitrogen and oxygen atoms in total. The SMILES string of the molecule is OCC1CCOC1c1ccc(Br)s1. The smallest absolute Gasteiger partial charge is 0.0967 e. The minimum absolute atomic E-state index is 0.112. The molecule has 1 N–H and O–H groups in total. The van der Waals surface area contributed by atoms with Crippen molar-refractivity contribution in [1.82, 2.24) is 0 Å². The van der Waals surface area contributed by atoms with Gasteiger partial charge in [-0.1, -0.05) is 0 Å². The Morgan fingerprint density at radius 2 is 2.46 bits per heavy atom. The third-order valence-electron chi connectivity index (χ3n) is 2.32. The predicted molar refractivity (Wildman–Crippen MR) is 55.9 cm³/mol. The lowest BCUT2D eigenvalue weighted by atomic mass is 10.0. The summed E-state index contributed by atoms with van der Waals surface area (Å²) in [6, 6.07) is 4.09. The van der Waals surface area contributed by atoms with Gasteiger partial charge in [0.1, 0.15) is 0 Å². The van der Waals surface area contributed by atoms with E-state index in [1.165, 1.54) is 4.88 Å². The van der Waals surface area contributed by atoms with Crippen molar-refractivity contribution in [2.24, 2.45) is 5.92 Å². The number of hydrogen-bond donors (Lipinski definition) is 1. The lowest BCUT2D eigenvalue weighted by molar-refractivity contribution is 0.0747. The average molecular weight is 263 g/mol. The normalized spacial score (nSPS) is 28.2. The quantitative estimate of drug-likeness (QED) is 0.888. The van der Waals surface area contributed by atoms with E-state index >= 15 is 0 Å². The van der Waals surface area contributed by atoms with Crippen LogP contribution in [0.4, 0.5) is 0 Å². The molecule has 1 aromatic heterocycles. The molecule has 0 aromatic carbocycles. The molecule has 0 saturated carbocycles. The highest BCUT2D eigenvalue weighted by Gasteiger charge is 2.29. The first-order chi connectivity index (χ1) is 6.31. The second-order valence-corrected chi connectivity index (χ2v) is 5.66. The molecule has 1 fully saturated rings. The Balaban J connectivity index is 2.15. The average Bonchev–Trinajstić information content (AvgIpc) is 2.71. The summed E-state index contributed by atoms with van der Waals surface area (Å²) < 4.78 is 6.71. The summed E-state index contributed by atoms with van der Waals surface area (Å²) in [4.78, 5) is 1.21. The fraction of sp³-hybridized carbons (Fsp3) is 0.556. The molecule has 1 aliphatic rings. The maximum absolute atomic E-state index is 9.12. The summed E-state index contributed by atoms with van der Waals surface area (Å²) in [5.74, 6) is 0.283. The molecule has 0 radical (unpaired) electrons. The number of aliphatic hydroxyl groups is 1. The third-order valence-corrected chi connectivity index (χ3v) is 4.01. The van der Waals surface area contributed by atoms with Gasteiger partial charge in [-0.2, -0.15) is 0 Å². The van der Waals surface area contributed by atoms with Crippen molar-refractivity contribution in [2.45, 2.75) is 12.5 Å². The highest BCUT2D eigenvalue weighted by molar-refractivity contribution is 9.11. The highest BCUT2D eigenvalue weighted by atomic mass is 79.9. The lowest BCUT2D eigenvalue weighted by Crippen LogP contribution is -2.09. The second kappa shape index (κ2) is 4.09. The summed E-state index contributed by atoms with van der Waals surface area (Å²) in [5.41, 5.74) is 0. The van der Waals surface area contributed by atoms with Crippen LogP contribution in [0.25, 0.3) is 0 Å². The van der Waals surface area contributed by atoms with Gasteiger partial charge in [0.2, 0.25) is 0 Å². The van der Waals surface area contributed by atoms with Crippen molar-refractivity contribution in [3.8, 4) is 0 Å². The highest BCUT2D eigenvalue weighted by Crippen LogP contribution is 2.38. The molecule has 0 spiro atoms. The molecule has 1 aliphatic heterocycles. The molecule has 0 bridgehead atoms. The van der Waals surface area contributed by atoms with Crippen LogP contribution in [0.3, 0.4) is 0 Å². The molecule has 0 aliphatic carbocycles. The Bertz CT molecular complexity index is 287. The van der Waals surface area contributed by atoms with Crippen LogP contribution in [0.2, 0.25) is 0 Å². The molecule has 72 valence electrons. The van der Waals surface area contributed by atoms with Crippen molar-refractivity contribution in [2.75, 3.05) is 13.2 Å². The van der Waals surface area contributed by atoms with Crippen molar-refractivity contribution >= 4 is 27.3 Å². The number of aliphatic hydroxyl groups excluding tert-OH is 1. The van der Waals surface area contributed by atoms with Crippen LogP contribution in [-0.4, -0.2) is 18.3 Å². The Kier molecular flexibility index (Phi) is 3.03. The summed E-state index contributed by atoms with van der Waals surface area (Å²) in [5, 5.41) is 9.12. The first kappa shape index (κ1) is 9.65. The van der Waals surface area contributed by atoms with Crippen LogP contribution in [0, 0.1) is 5.92 Å². The molecule has 1 saturated heterocycles. The fourth-order valence-electron chi connectivity index (χ4n) is 1.62. The number of ether oxygens (including phenoxy) is 1. The van der Waals surface area contributed by atoms with Gasteiger partial charge in [-0.3, -0.25) is 0 Å². The van der Waals surface area contributed by atoms with Gasteiger partial charge in [-0.25, -0.2) is 0 Å². The number of halogens is 1. The van der Waals surface area contributed by atoms with E-state index in [0.717, 1.165) is 16.8 Å². The maximum atomic E-state index is 9.12. The summed E-state index contributed by atoms with van der Waals surface area (Å²) >= 11 is 5.11. The molecular weight excluding hydrogens is 252 g/mol. The number of hydrogen-bond acceptors (Lipinski definition) is 3. The molecule has 13 heavy (non-hydrogen) atoms. The van der Waals surface area contributed by atoms with Crippen molar-refractivity contribution in [3.05, 3.63) is 20.8 Å². The van der Waals surface area contributed by atoms with E-state index in [2.05, 4.69) is 22.0 Å². The van der Waals surface area contributed by atoms with Crippen LogP contribution >= 0.6 is 27.3 Å². The monoisotopic (exact) mass is 262 g/mol. The zero-order chi connectivity index (χ0) is 9.26. The molecule has 1 aromatic rings. The van der Waals surface area contributed by atoms with Crippen LogP contribution < -0.4 is 0 Å². The van der Waals surface area contributed by atoms with Crippen molar-refractivity contribution in [3.63, 3.8) is 0 Å². The topological polar surface area (TPSA) is 29.5 Å². The summed E-state index contributed by atoms with van der Waals surface area (Å²) in [6.07, 6.45) is 1.08. The standard InChI is InChI=1S/C9H11BrO2S/c10-8-2-1-7(13-8)9-6(5-11)3-4-12-9/h1-2,6,9,11H,3-5H2. The zero-order valence-electron chi connectivity index (χ0n) is 7.07. The van der Waals surface area contributed by atoms with E-state index in [4.69, 9.17) is 9.84 Å². The van der Waals surface area contributed by atoms with Gasteiger partial charge in [0.05, 0.1) is 9.89 Å². The summed E-state index contributed by atoms with van der Waals surface area (Å²) in [6.45, 7) is 0.992. The van der Waals surface area contributed by atoms with Gasteiger partial charge < -0.3 is 9.84 Å². The summed E-state index contributed by atoms with van der Waals surface area (Å²) in [7, 11) is 0. The van der Waals surface area contributed by atoms with Crippen molar-refractivity contribution < 1.29 is 9.84 Å². The van der Waals surface area contributed by atoms with Crippen molar-refractivity contribution in [1.29, 1.82) is 0 Å². The van der Waals surface area contributed by atoms with Gasteiger partial charge in [-0.15, -0.1) is 11.3 Å². The Hall–Kier alpha value is 0.1000. The molecule has 2 heterocycles. The van der Waals surface area contributed by atoms with Crippen LogP contribution in [0.5, 0.6) is 0 Å². The second-order valence-electron chi connectivity index (χ2n) is 3.16. The van der Waals surface area contributed by atoms with E-state index in [0.29, 0.717) is 0 Å². The minimum Gasteiger partial charge on any atom is -0.396 e. The molecule has 2 rings (SSSR count). The van der Waals surface area contributed by atoms with Crippen LogP contribution in [0.1, 0.15) is 17.4 Å². The molecular formula is C9H11BrO2S. The molecule has 2 atom stereocenters. The number of thiophene rings is 1. The van der Waals surface area contributed by atoms with Crippen LogP contribution in [0.15, 0.2) is 15.9 Å². The minimum atomic E-state index is 0.112. The molecule has 4 heteroatoms. The van der Waals surface area contributed by atoms with E-state index in [9.17, 15) is 0 Å². The van der Waals surface area contributed by atoms with Gasteiger partial charge in [-0.05, 0) is 34.5 Å². The van der Waals surface area contributed by atoms with Gasteiger partial charge >= 0.3 is 0 Å². The predicted octanol–water partition coefficient (Wildman–Crippen LogP) is 2.58. The largest absolute Gasteiger partial charge is 0.396 e. The van der Waals surface area contributed by atoms with E-state index < -0.39 is 0 Å². The number of rotatable bonds is 2. The fourth-order valence-corrected chi connectivity index (χ4v) is 3.18. The first-order valence-corrected chi connectivity index (χ1v) is 5.90. The van der Waals surface area contributed by atoms with E-state index in [-0.39, 0.29) is 18.6 Å². The Morgan fingerprint density at radius 1 is 1.62 bits per heavy atom.